The van der Waals surface area contributed by atoms with E-state index in [9.17, 15) is 13.2 Å². The molecule has 0 spiro atoms. The van der Waals surface area contributed by atoms with Gasteiger partial charge in [0.25, 0.3) is 0 Å². The summed E-state index contributed by atoms with van der Waals surface area (Å²) in [4.78, 5) is 3.31. The second-order valence-electron chi connectivity index (χ2n) is 2.53. The Balaban J connectivity index is 3.18. The summed E-state index contributed by atoms with van der Waals surface area (Å²) in [6.45, 7) is 0. The van der Waals surface area contributed by atoms with Crippen molar-refractivity contribution in [3.05, 3.63) is 23.5 Å². The molecule has 1 rings (SSSR count). The van der Waals surface area contributed by atoms with E-state index >= 15 is 0 Å². The minimum absolute atomic E-state index is 0.255. The van der Waals surface area contributed by atoms with Crippen molar-refractivity contribution in [1.82, 2.24) is 4.98 Å². The highest BCUT2D eigenvalue weighted by Gasteiger charge is 2.36. The van der Waals surface area contributed by atoms with Gasteiger partial charge >= 0.3 is 6.18 Å². The van der Waals surface area contributed by atoms with Crippen LogP contribution in [0.15, 0.2) is 12.3 Å². The molecule has 2 nitrogen and oxygen atoms in total. The fraction of sp³-hybridized carbons (Fsp3) is 0.375. The Morgan fingerprint density at radius 2 is 2.14 bits per heavy atom. The van der Waals surface area contributed by atoms with Crippen molar-refractivity contribution >= 4 is 15.9 Å². The molecule has 0 amide bonds. The first-order valence-corrected chi connectivity index (χ1v) is 4.77. The van der Waals surface area contributed by atoms with Gasteiger partial charge in [-0.1, -0.05) is 15.9 Å². The molecule has 0 fully saturated rings. The van der Waals surface area contributed by atoms with Crippen LogP contribution in [-0.4, -0.2) is 12.1 Å². The van der Waals surface area contributed by atoms with Crippen LogP contribution in [0.2, 0.25) is 0 Å². The highest BCUT2D eigenvalue weighted by molar-refractivity contribution is 9.08. The van der Waals surface area contributed by atoms with E-state index < -0.39 is 11.9 Å². The quantitative estimate of drug-likeness (QED) is 0.771. The van der Waals surface area contributed by atoms with Gasteiger partial charge in [0.05, 0.1) is 7.11 Å². The molecule has 1 aromatic heterocycles. The average Bonchev–Trinajstić information content (AvgIpc) is 2.15. The molecule has 0 saturated carbocycles. The highest BCUT2D eigenvalue weighted by atomic mass is 79.9. The number of pyridine rings is 1. The van der Waals surface area contributed by atoms with Crippen LogP contribution in [0.25, 0.3) is 0 Å². The third kappa shape index (κ3) is 2.37. The maximum atomic E-state index is 12.3. The van der Waals surface area contributed by atoms with Gasteiger partial charge in [-0.3, -0.25) is 0 Å². The summed E-state index contributed by atoms with van der Waals surface area (Å²) in [5.74, 6) is -0.255. The Kier molecular flexibility index (Phi) is 3.36. The van der Waals surface area contributed by atoms with Crippen LogP contribution in [-0.2, 0) is 11.5 Å². The number of halogens is 4. The zero-order chi connectivity index (χ0) is 10.8. The first-order valence-electron chi connectivity index (χ1n) is 3.65. The first-order chi connectivity index (χ1) is 6.49. The van der Waals surface area contributed by atoms with Crippen LogP contribution >= 0.6 is 15.9 Å². The minimum atomic E-state index is -4.48. The second kappa shape index (κ2) is 4.16. The topological polar surface area (TPSA) is 22.1 Å². The Morgan fingerprint density at radius 1 is 1.50 bits per heavy atom. The molecule has 78 valence electrons. The lowest BCUT2D eigenvalue weighted by atomic mass is 10.2. The monoisotopic (exact) mass is 269 g/mol. The van der Waals surface area contributed by atoms with Crippen molar-refractivity contribution in [1.29, 1.82) is 0 Å². The van der Waals surface area contributed by atoms with E-state index in [-0.39, 0.29) is 5.75 Å². The second-order valence-corrected chi connectivity index (χ2v) is 3.09. The van der Waals surface area contributed by atoms with E-state index in [1.807, 2.05) is 0 Å². The standard InChI is InChI=1S/C8H7BrF3NO/c1-14-6-2-5(3-9)4-13-7(6)8(10,11)12/h2,4H,3H2,1H3. The van der Waals surface area contributed by atoms with E-state index in [1.54, 1.807) is 0 Å². The van der Waals surface area contributed by atoms with E-state index in [4.69, 9.17) is 0 Å². The van der Waals surface area contributed by atoms with Crippen LogP contribution in [0.5, 0.6) is 5.75 Å². The molecular formula is C8H7BrF3NO. The number of nitrogens with zero attached hydrogens (tertiary/aromatic N) is 1. The van der Waals surface area contributed by atoms with E-state index in [0.717, 1.165) is 0 Å². The number of ether oxygens (including phenoxy) is 1. The van der Waals surface area contributed by atoms with Gasteiger partial charge in [0, 0.05) is 11.5 Å². The predicted octanol–water partition coefficient (Wildman–Crippen LogP) is 3.00. The lowest BCUT2D eigenvalue weighted by Gasteiger charge is -2.11. The molecule has 0 aromatic carbocycles. The molecule has 0 bridgehead atoms. The Morgan fingerprint density at radius 3 is 2.57 bits per heavy atom. The largest absolute Gasteiger partial charge is 0.494 e. The van der Waals surface area contributed by atoms with Gasteiger partial charge in [-0.05, 0) is 11.6 Å². The van der Waals surface area contributed by atoms with Crippen LogP contribution in [0.1, 0.15) is 11.3 Å². The molecule has 0 saturated heterocycles. The summed E-state index contributed by atoms with van der Waals surface area (Å²) in [7, 11) is 1.18. The average molecular weight is 270 g/mol. The minimum Gasteiger partial charge on any atom is -0.494 e. The lowest BCUT2D eigenvalue weighted by Crippen LogP contribution is -2.10. The molecule has 0 aliphatic carbocycles. The van der Waals surface area contributed by atoms with Crippen LogP contribution in [0, 0.1) is 0 Å². The summed E-state index contributed by atoms with van der Waals surface area (Å²) in [6, 6.07) is 1.31. The fourth-order valence-electron chi connectivity index (χ4n) is 0.927. The van der Waals surface area contributed by atoms with Crippen molar-refractivity contribution in [3.8, 4) is 5.75 Å². The number of aromatic nitrogens is 1. The van der Waals surface area contributed by atoms with Crippen LogP contribution in [0.4, 0.5) is 13.2 Å². The summed E-state index contributed by atoms with van der Waals surface area (Å²) in [6.07, 6.45) is -3.31. The predicted molar refractivity (Wildman–Crippen MR) is 48.4 cm³/mol. The lowest BCUT2D eigenvalue weighted by molar-refractivity contribution is -0.142. The molecular weight excluding hydrogens is 263 g/mol. The van der Waals surface area contributed by atoms with Crippen molar-refractivity contribution in [2.75, 3.05) is 7.11 Å². The summed E-state index contributed by atoms with van der Waals surface area (Å²) >= 11 is 3.12. The van der Waals surface area contributed by atoms with Crippen LogP contribution in [0.3, 0.4) is 0 Å². The molecule has 0 atom stereocenters. The van der Waals surface area contributed by atoms with E-state index in [2.05, 4.69) is 25.7 Å². The normalized spacial score (nSPS) is 11.5. The van der Waals surface area contributed by atoms with Crippen molar-refractivity contribution in [2.45, 2.75) is 11.5 Å². The van der Waals surface area contributed by atoms with Gasteiger partial charge in [0.1, 0.15) is 5.75 Å². The highest BCUT2D eigenvalue weighted by Crippen LogP contribution is 2.34. The molecule has 0 aliphatic heterocycles. The number of hydrogen-bond acceptors (Lipinski definition) is 2. The summed E-state index contributed by atoms with van der Waals surface area (Å²) in [5, 5.41) is 0.439. The van der Waals surface area contributed by atoms with E-state index in [0.29, 0.717) is 10.9 Å². The summed E-state index contributed by atoms with van der Waals surface area (Å²) in [5.41, 5.74) is -0.362. The molecule has 1 aromatic rings. The first kappa shape index (κ1) is 11.3. The maximum absolute atomic E-state index is 12.3. The zero-order valence-corrected chi connectivity index (χ0v) is 8.82. The molecule has 0 aliphatic rings. The molecule has 0 N–H and O–H groups in total. The fourth-order valence-corrected chi connectivity index (χ4v) is 1.23. The molecule has 0 unspecified atom stereocenters. The van der Waals surface area contributed by atoms with Crippen molar-refractivity contribution < 1.29 is 17.9 Å². The number of rotatable bonds is 2. The van der Waals surface area contributed by atoms with Gasteiger partial charge < -0.3 is 4.74 Å². The third-order valence-corrected chi connectivity index (χ3v) is 2.20. The Bertz CT molecular complexity index is 327. The Hall–Kier alpha value is -0.780. The van der Waals surface area contributed by atoms with Gasteiger partial charge in [0.15, 0.2) is 5.69 Å². The number of methoxy groups -OCH3 is 1. The van der Waals surface area contributed by atoms with Crippen molar-refractivity contribution in [2.24, 2.45) is 0 Å². The molecule has 14 heavy (non-hydrogen) atoms. The smallest absolute Gasteiger partial charge is 0.437 e. The Labute approximate surface area is 87.2 Å². The third-order valence-electron chi connectivity index (χ3n) is 1.55. The summed E-state index contributed by atoms with van der Waals surface area (Å²) < 4.78 is 41.6. The maximum Gasteiger partial charge on any atom is 0.437 e. The van der Waals surface area contributed by atoms with Gasteiger partial charge in [-0.25, -0.2) is 4.98 Å². The number of alkyl halides is 4. The molecule has 1 heterocycles. The zero-order valence-electron chi connectivity index (χ0n) is 7.23. The number of hydrogen-bond donors (Lipinski definition) is 0. The van der Waals surface area contributed by atoms with Gasteiger partial charge in [0.2, 0.25) is 0 Å². The molecule has 6 heteroatoms. The van der Waals surface area contributed by atoms with Gasteiger partial charge in [-0.15, -0.1) is 0 Å². The van der Waals surface area contributed by atoms with Crippen molar-refractivity contribution in [3.63, 3.8) is 0 Å². The van der Waals surface area contributed by atoms with E-state index in [1.165, 1.54) is 19.4 Å². The van der Waals surface area contributed by atoms with Crippen LogP contribution < -0.4 is 4.74 Å². The van der Waals surface area contributed by atoms with Gasteiger partial charge in [-0.2, -0.15) is 13.2 Å². The SMILES string of the molecule is COc1cc(CBr)cnc1C(F)(F)F. The molecule has 0 radical (unpaired) electrons.